The molecule has 0 heterocycles. The highest BCUT2D eigenvalue weighted by atomic mass is 32.2. The first-order chi connectivity index (χ1) is 7.45. The molecule has 0 aromatic rings. The van der Waals surface area contributed by atoms with Gasteiger partial charge in [-0.15, -0.1) is 0 Å². The van der Waals surface area contributed by atoms with Crippen molar-refractivity contribution in [3.05, 3.63) is 12.2 Å². The fourth-order valence-corrected chi connectivity index (χ4v) is 1.25. The molecule has 3 nitrogen and oxygen atoms in total. The highest BCUT2D eigenvalue weighted by Gasteiger charge is 2.27. The Balaban J connectivity index is 3.37. The molecule has 94 valence electrons. The molecule has 0 amide bonds. The van der Waals surface area contributed by atoms with Gasteiger partial charge in [0.05, 0.1) is 6.61 Å². The molecule has 0 spiro atoms. The summed E-state index contributed by atoms with van der Waals surface area (Å²) in [5.41, 5.74) is -4.18. The number of halogens is 3. The van der Waals surface area contributed by atoms with Gasteiger partial charge in [-0.25, -0.2) is 4.79 Å². The van der Waals surface area contributed by atoms with E-state index >= 15 is 0 Å². The Morgan fingerprint density at radius 1 is 1.50 bits per heavy atom. The van der Waals surface area contributed by atoms with Gasteiger partial charge in [0.2, 0.25) is 0 Å². The van der Waals surface area contributed by atoms with Crippen molar-refractivity contribution in [2.75, 3.05) is 25.4 Å². The Bertz CT molecular complexity index is 231. The summed E-state index contributed by atoms with van der Waals surface area (Å²) in [6.07, 6.45) is 2.75. The van der Waals surface area contributed by atoms with E-state index in [1.165, 1.54) is 12.2 Å². The van der Waals surface area contributed by atoms with Crippen LogP contribution in [0.2, 0.25) is 0 Å². The van der Waals surface area contributed by atoms with Crippen molar-refractivity contribution in [2.45, 2.75) is 12.4 Å². The number of carbonyl (C=O) groups excluding carboxylic acids is 1. The second-order valence-corrected chi connectivity index (χ2v) is 3.81. The van der Waals surface area contributed by atoms with Gasteiger partial charge in [-0.3, -0.25) is 0 Å². The summed E-state index contributed by atoms with van der Waals surface area (Å²) in [5.74, 6) is -0.495. The second kappa shape index (κ2) is 8.46. The van der Waals surface area contributed by atoms with Gasteiger partial charge in [0.1, 0.15) is 0 Å². The van der Waals surface area contributed by atoms with E-state index < -0.39 is 11.5 Å². The van der Waals surface area contributed by atoms with E-state index in [2.05, 4.69) is 10.1 Å². The van der Waals surface area contributed by atoms with Crippen molar-refractivity contribution in [1.29, 1.82) is 0 Å². The van der Waals surface area contributed by atoms with Crippen molar-refractivity contribution in [3.8, 4) is 0 Å². The molecule has 0 fully saturated rings. The lowest BCUT2D eigenvalue weighted by atomic mass is 10.5. The molecule has 7 heteroatoms. The number of alkyl halides is 3. The Morgan fingerprint density at radius 2 is 2.19 bits per heavy atom. The summed E-state index contributed by atoms with van der Waals surface area (Å²) in [6.45, 7) is 2.58. The number of ether oxygens (including phenoxy) is 1. The fraction of sp³-hybridized carbons (Fsp3) is 0.667. The average molecular weight is 257 g/mol. The number of hydrogen-bond acceptors (Lipinski definition) is 4. The lowest BCUT2D eigenvalue weighted by Gasteiger charge is -2.05. The minimum absolute atomic E-state index is 0.0449. The first-order valence-corrected chi connectivity index (χ1v) is 5.69. The third-order valence-corrected chi connectivity index (χ3v) is 2.08. The van der Waals surface area contributed by atoms with E-state index in [-0.39, 0.29) is 24.1 Å². The van der Waals surface area contributed by atoms with Crippen LogP contribution in [0.25, 0.3) is 0 Å². The maximum Gasteiger partial charge on any atom is 0.441 e. The normalized spacial score (nSPS) is 12.0. The number of esters is 1. The van der Waals surface area contributed by atoms with Gasteiger partial charge < -0.3 is 10.1 Å². The topological polar surface area (TPSA) is 38.3 Å². The monoisotopic (exact) mass is 257 g/mol. The van der Waals surface area contributed by atoms with Crippen LogP contribution in [-0.4, -0.2) is 36.9 Å². The Morgan fingerprint density at radius 3 is 2.75 bits per heavy atom. The Labute approximate surface area is 96.4 Å². The smallest absolute Gasteiger partial charge is 0.441 e. The standard InChI is InChI=1S/C9H14F3NO2S/c1-2-15-8(14)4-3-5-13-6-7-16-9(10,11)12/h3-4,13H,2,5-7H2,1H3/b4-3+. The minimum atomic E-state index is -4.18. The van der Waals surface area contributed by atoms with Gasteiger partial charge in [-0.1, -0.05) is 6.08 Å². The molecule has 0 rings (SSSR count). The van der Waals surface area contributed by atoms with Gasteiger partial charge in [-0.05, 0) is 18.7 Å². The molecule has 0 saturated heterocycles. The molecule has 0 radical (unpaired) electrons. The van der Waals surface area contributed by atoms with E-state index in [0.717, 1.165) is 0 Å². The largest absolute Gasteiger partial charge is 0.463 e. The molecule has 1 N–H and O–H groups in total. The van der Waals surface area contributed by atoms with Crippen LogP contribution in [0.3, 0.4) is 0 Å². The van der Waals surface area contributed by atoms with Crippen molar-refractivity contribution >= 4 is 17.7 Å². The summed E-state index contributed by atoms with van der Waals surface area (Å²) in [5, 5.41) is 2.74. The van der Waals surface area contributed by atoms with Gasteiger partial charge in [0.25, 0.3) is 0 Å². The molecule has 0 unspecified atom stereocenters. The van der Waals surface area contributed by atoms with Crippen LogP contribution in [0.15, 0.2) is 12.2 Å². The van der Waals surface area contributed by atoms with Gasteiger partial charge >= 0.3 is 11.5 Å². The third kappa shape index (κ3) is 11.4. The molecular formula is C9H14F3NO2S. The fourth-order valence-electron chi connectivity index (χ4n) is 0.770. The van der Waals surface area contributed by atoms with Crippen LogP contribution in [-0.2, 0) is 9.53 Å². The van der Waals surface area contributed by atoms with Crippen LogP contribution >= 0.6 is 11.8 Å². The van der Waals surface area contributed by atoms with E-state index in [0.29, 0.717) is 13.2 Å². The van der Waals surface area contributed by atoms with Gasteiger partial charge in [0.15, 0.2) is 0 Å². The zero-order valence-electron chi connectivity index (χ0n) is 8.84. The molecule has 0 aromatic carbocycles. The molecule has 0 aromatic heterocycles. The zero-order chi connectivity index (χ0) is 12.4. The van der Waals surface area contributed by atoms with E-state index in [1.807, 2.05) is 0 Å². The molecular weight excluding hydrogens is 243 g/mol. The number of hydrogen-bond donors (Lipinski definition) is 1. The summed E-state index contributed by atoms with van der Waals surface area (Å²) in [6, 6.07) is 0. The van der Waals surface area contributed by atoms with E-state index in [9.17, 15) is 18.0 Å². The van der Waals surface area contributed by atoms with E-state index in [4.69, 9.17) is 0 Å². The summed E-state index contributed by atoms with van der Waals surface area (Å²) < 4.78 is 39.7. The van der Waals surface area contributed by atoms with Crippen LogP contribution in [0.4, 0.5) is 13.2 Å². The molecule has 0 saturated carbocycles. The third-order valence-electron chi connectivity index (χ3n) is 1.35. The first kappa shape index (κ1) is 15.3. The minimum Gasteiger partial charge on any atom is -0.463 e. The maximum absolute atomic E-state index is 11.7. The SMILES string of the molecule is CCOC(=O)/C=C/CNCCSC(F)(F)F. The molecule has 0 bridgehead atoms. The predicted octanol–water partition coefficient (Wildman–Crippen LogP) is 1.95. The summed E-state index contributed by atoms with van der Waals surface area (Å²) >= 11 is -0.0722. The van der Waals surface area contributed by atoms with Crippen molar-refractivity contribution in [2.24, 2.45) is 0 Å². The highest BCUT2D eigenvalue weighted by molar-refractivity contribution is 8.00. The first-order valence-electron chi connectivity index (χ1n) is 4.70. The van der Waals surface area contributed by atoms with Crippen molar-refractivity contribution in [3.63, 3.8) is 0 Å². The summed E-state index contributed by atoms with van der Waals surface area (Å²) in [7, 11) is 0. The van der Waals surface area contributed by atoms with Crippen molar-refractivity contribution in [1.82, 2.24) is 5.32 Å². The van der Waals surface area contributed by atoms with Crippen LogP contribution < -0.4 is 5.32 Å². The maximum atomic E-state index is 11.7. The Hall–Kier alpha value is -0.690. The average Bonchev–Trinajstić information content (AvgIpc) is 2.15. The highest BCUT2D eigenvalue weighted by Crippen LogP contribution is 2.29. The molecule has 16 heavy (non-hydrogen) atoms. The van der Waals surface area contributed by atoms with Gasteiger partial charge in [-0.2, -0.15) is 13.2 Å². The molecule has 0 aliphatic rings. The molecule has 0 aliphatic carbocycles. The quantitative estimate of drug-likeness (QED) is 0.430. The van der Waals surface area contributed by atoms with Crippen LogP contribution in [0.1, 0.15) is 6.92 Å². The van der Waals surface area contributed by atoms with Crippen LogP contribution in [0.5, 0.6) is 0 Å². The van der Waals surface area contributed by atoms with E-state index in [1.54, 1.807) is 6.92 Å². The Kier molecular flexibility index (Phi) is 8.10. The van der Waals surface area contributed by atoms with Crippen LogP contribution in [0, 0.1) is 0 Å². The predicted molar refractivity (Wildman–Crippen MR) is 57.2 cm³/mol. The number of nitrogens with one attached hydrogen (secondary N) is 1. The lowest BCUT2D eigenvalue weighted by Crippen LogP contribution is -2.19. The lowest BCUT2D eigenvalue weighted by molar-refractivity contribution is -0.137. The number of carbonyl (C=O) groups is 1. The number of rotatable bonds is 7. The second-order valence-electron chi connectivity index (χ2n) is 2.65. The van der Waals surface area contributed by atoms with Gasteiger partial charge in [0, 0.05) is 24.9 Å². The van der Waals surface area contributed by atoms with Crippen molar-refractivity contribution < 1.29 is 22.7 Å². The number of thioether (sulfide) groups is 1. The summed E-state index contributed by atoms with van der Waals surface area (Å²) in [4.78, 5) is 10.8. The molecule has 0 atom stereocenters. The zero-order valence-corrected chi connectivity index (χ0v) is 9.66. The molecule has 0 aliphatic heterocycles.